The lowest BCUT2D eigenvalue weighted by atomic mass is 10.1. The van der Waals surface area contributed by atoms with Crippen molar-refractivity contribution >= 4 is 32.9 Å². The van der Waals surface area contributed by atoms with Crippen LogP contribution in [0.3, 0.4) is 0 Å². The van der Waals surface area contributed by atoms with Crippen LogP contribution in [0.1, 0.15) is 37.5 Å². The average molecular weight is 499 g/mol. The Morgan fingerprint density at radius 1 is 1.16 bits per heavy atom. The van der Waals surface area contributed by atoms with E-state index in [-0.39, 0.29) is 12.7 Å². The highest BCUT2D eigenvalue weighted by molar-refractivity contribution is 9.10. The van der Waals surface area contributed by atoms with Gasteiger partial charge in [0.05, 0.1) is 12.1 Å². The Bertz CT molecular complexity index is 1120. The van der Waals surface area contributed by atoms with Gasteiger partial charge in [-0.25, -0.2) is 4.79 Å². The molecule has 32 heavy (non-hydrogen) atoms. The minimum atomic E-state index is -0.549. The van der Waals surface area contributed by atoms with Gasteiger partial charge in [0.25, 0.3) is 0 Å². The third-order valence-corrected chi connectivity index (χ3v) is 6.53. The number of aliphatic hydroxyl groups is 1. The van der Waals surface area contributed by atoms with E-state index in [0.29, 0.717) is 12.6 Å². The fourth-order valence-corrected chi connectivity index (χ4v) is 5.01. The molecule has 0 saturated carbocycles. The molecule has 4 rings (SSSR count). The van der Waals surface area contributed by atoms with Gasteiger partial charge in [0.15, 0.2) is 0 Å². The van der Waals surface area contributed by atoms with Crippen LogP contribution in [0.15, 0.2) is 53.1 Å². The number of halogens is 1. The minimum Gasteiger partial charge on any atom is -0.443 e. The van der Waals surface area contributed by atoms with Crippen molar-refractivity contribution in [3.63, 3.8) is 0 Å². The van der Waals surface area contributed by atoms with Crippen LogP contribution in [0.2, 0.25) is 0 Å². The summed E-state index contributed by atoms with van der Waals surface area (Å²) in [6, 6.07) is 14.9. The predicted octanol–water partition coefficient (Wildman–Crippen LogP) is 5.19. The Hall–Kier alpha value is -2.15. The molecular formula is C26H31BrN2O3. The first-order chi connectivity index (χ1) is 15.2. The summed E-state index contributed by atoms with van der Waals surface area (Å²) in [6.07, 6.45) is 4.35. The topological polar surface area (TPSA) is 54.7 Å². The van der Waals surface area contributed by atoms with Crippen LogP contribution in [-0.2, 0) is 24.0 Å². The van der Waals surface area contributed by atoms with Gasteiger partial charge in [-0.05, 0) is 74.9 Å². The number of hydrogen-bond donors (Lipinski definition) is 1. The average Bonchev–Trinajstić information content (AvgIpc) is 3.31. The molecule has 1 unspecified atom stereocenters. The maximum Gasteiger partial charge on any atom is 0.419 e. The van der Waals surface area contributed by atoms with Crippen molar-refractivity contribution in [3.05, 3.63) is 69.8 Å². The Balaban J connectivity index is 1.53. The molecule has 1 aliphatic carbocycles. The van der Waals surface area contributed by atoms with E-state index in [2.05, 4.69) is 45.1 Å². The molecule has 1 aromatic heterocycles. The second kappa shape index (κ2) is 9.38. The molecule has 1 atom stereocenters. The Kier molecular flexibility index (Phi) is 6.75. The van der Waals surface area contributed by atoms with E-state index >= 15 is 0 Å². The molecule has 1 heterocycles. The smallest absolute Gasteiger partial charge is 0.419 e. The molecule has 170 valence electrons. The summed E-state index contributed by atoms with van der Waals surface area (Å²) >= 11 is 3.58. The number of ether oxygens (including phenoxy) is 1. The van der Waals surface area contributed by atoms with Gasteiger partial charge in [0.2, 0.25) is 0 Å². The number of carbonyl (C=O) groups is 1. The highest BCUT2D eigenvalue weighted by Gasteiger charge is 2.27. The molecule has 5 nitrogen and oxygen atoms in total. The fourth-order valence-electron chi connectivity index (χ4n) is 4.60. The van der Waals surface area contributed by atoms with Crippen molar-refractivity contribution < 1.29 is 14.6 Å². The number of rotatable bonds is 6. The van der Waals surface area contributed by atoms with Gasteiger partial charge in [-0.2, -0.15) is 0 Å². The fraction of sp³-hybridized carbons (Fsp3) is 0.423. The van der Waals surface area contributed by atoms with Crippen molar-refractivity contribution in [2.75, 3.05) is 19.7 Å². The van der Waals surface area contributed by atoms with Gasteiger partial charge in [0.1, 0.15) is 5.60 Å². The lowest BCUT2D eigenvalue weighted by Gasteiger charge is -2.28. The first-order valence-electron chi connectivity index (χ1n) is 11.2. The number of aromatic nitrogens is 1. The molecule has 0 saturated heterocycles. The summed E-state index contributed by atoms with van der Waals surface area (Å²) in [7, 11) is 0. The Labute approximate surface area is 198 Å². The van der Waals surface area contributed by atoms with E-state index in [4.69, 9.17) is 4.74 Å². The zero-order valence-corrected chi connectivity index (χ0v) is 20.6. The molecule has 0 aliphatic heterocycles. The predicted molar refractivity (Wildman–Crippen MR) is 131 cm³/mol. The van der Waals surface area contributed by atoms with E-state index < -0.39 is 5.60 Å². The molecule has 2 aromatic carbocycles. The highest BCUT2D eigenvalue weighted by atomic mass is 79.9. The highest BCUT2D eigenvalue weighted by Crippen LogP contribution is 2.29. The van der Waals surface area contributed by atoms with E-state index in [1.165, 1.54) is 11.1 Å². The molecular weight excluding hydrogens is 468 g/mol. The van der Waals surface area contributed by atoms with Crippen LogP contribution < -0.4 is 0 Å². The summed E-state index contributed by atoms with van der Waals surface area (Å²) in [5.41, 5.74) is 4.21. The number of aliphatic hydroxyl groups excluding tert-OH is 1. The van der Waals surface area contributed by atoms with Gasteiger partial charge in [0, 0.05) is 35.2 Å². The largest absolute Gasteiger partial charge is 0.443 e. The monoisotopic (exact) mass is 498 g/mol. The lowest BCUT2D eigenvalue weighted by molar-refractivity contribution is 0.0544. The van der Waals surface area contributed by atoms with Crippen molar-refractivity contribution in [2.45, 2.75) is 51.7 Å². The molecule has 1 N–H and O–H groups in total. The first kappa shape index (κ1) is 23.0. The maximum atomic E-state index is 12.8. The van der Waals surface area contributed by atoms with E-state index in [1.807, 2.05) is 45.2 Å². The quantitative estimate of drug-likeness (QED) is 0.507. The molecule has 0 radical (unpaired) electrons. The van der Waals surface area contributed by atoms with Crippen LogP contribution >= 0.6 is 15.9 Å². The zero-order chi connectivity index (χ0) is 22.9. The van der Waals surface area contributed by atoms with Crippen LogP contribution in [0.4, 0.5) is 4.79 Å². The van der Waals surface area contributed by atoms with Gasteiger partial charge < -0.3 is 9.84 Å². The van der Waals surface area contributed by atoms with Crippen molar-refractivity contribution in [1.29, 1.82) is 0 Å². The van der Waals surface area contributed by atoms with E-state index in [1.54, 1.807) is 4.57 Å². The molecule has 0 spiro atoms. The number of carbonyl (C=O) groups excluding carboxylic acids is 1. The van der Waals surface area contributed by atoms with Crippen LogP contribution in [-0.4, -0.2) is 52.0 Å². The van der Waals surface area contributed by atoms with Crippen LogP contribution in [0, 0.1) is 0 Å². The zero-order valence-electron chi connectivity index (χ0n) is 19.0. The second-order valence-corrected chi connectivity index (χ2v) is 10.4. The first-order valence-corrected chi connectivity index (χ1v) is 12.0. The third-order valence-electron chi connectivity index (χ3n) is 6.04. The van der Waals surface area contributed by atoms with E-state index in [9.17, 15) is 9.90 Å². The van der Waals surface area contributed by atoms with Gasteiger partial charge >= 0.3 is 6.09 Å². The van der Waals surface area contributed by atoms with Crippen molar-refractivity contribution in [2.24, 2.45) is 0 Å². The summed E-state index contributed by atoms with van der Waals surface area (Å²) in [5.74, 6) is 0. The van der Waals surface area contributed by atoms with Crippen LogP contribution in [0.5, 0.6) is 0 Å². The lowest BCUT2D eigenvalue weighted by Crippen LogP contribution is -2.39. The SMILES string of the molecule is CC(C)(C)OC(=O)n1cc(CCN(CCO)C2Cc3ccc(Br)cc3C2)c2ccccc21. The number of fused-ring (bicyclic) bond motifs is 2. The Morgan fingerprint density at radius 2 is 1.91 bits per heavy atom. The molecule has 0 bridgehead atoms. The number of hydrogen-bond acceptors (Lipinski definition) is 4. The third kappa shape index (κ3) is 5.08. The summed E-state index contributed by atoms with van der Waals surface area (Å²) < 4.78 is 8.34. The van der Waals surface area contributed by atoms with Gasteiger partial charge in [-0.1, -0.05) is 40.2 Å². The second-order valence-electron chi connectivity index (χ2n) is 9.51. The van der Waals surface area contributed by atoms with Crippen LogP contribution in [0.25, 0.3) is 10.9 Å². The molecule has 6 heteroatoms. The summed E-state index contributed by atoms with van der Waals surface area (Å²) in [6.45, 7) is 7.23. The Morgan fingerprint density at radius 3 is 2.66 bits per heavy atom. The van der Waals surface area contributed by atoms with Gasteiger partial charge in [-0.15, -0.1) is 0 Å². The van der Waals surface area contributed by atoms with Gasteiger partial charge in [-0.3, -0.25) is 9.47 Å². The standard InChI is InChI=1S/C26H31BrN2O3/c1-26(2,3)32-25(31)29-17-19(23-6-4-5-7-24(23)29)10-11-28(12-13-30)22-15-18-8-9-21(27)14-20(18)16-22/h4-9,14,17,22,30H,10-13,15-16H2,1-3H3. The maximum absolute atomic E-state index is 12.8. The van der Waals surface area contributed by atoms with Crippen molar-refractivity contribution in [1.82, 2.24) is 9.47 Å². The van der Waals surface area contributed by atoms with E-state index in [0.717, 1.165) is 46.7 Å². The van der Waals surface area contributed by atoms with Crippen molar-refractivity contribution in [3.8, 4) is 0 Å². The number of benzene rings is 2. The normalized spacial score (nSPS) is 16.0. The molecule has 1 aliphatic rings. The summed E-state index contributed by atoms with van der Waals surface area (Å²) in [4.78, 5) is 15.2. The molecule has 0 amide bonds. The number of nitrogens with zero attached hydrogens (tertiary/aromatic N) is 2. The molecule has 0 fully saturated rings. The molecule has 3 aromatic rings. The number of para-hydroxylation sites is 1. The minimum absolute atomic E-state index is 0.135. The summed E-state index contributed by atoms with van der Waals surface area (Å²) in [5, 5.41) is 10.8.